The average Bonchev–Trinajstić information content (AvgIpc) is 2.56. The van der Waals surface area contributed by atoms with Gasteiger partial charge in [0.25, 0.3) is 0 Å². The Labute approximate surface area is 149 Å². The highest BCUT2D eigenvalue weighted by Gasteiger charge is 2.12. The summed E-state index contributed by atoms with van der Waals surface area (Å²) in [5.74, 6) is 0. The van der Waals surface area contributed by atoms with E-state index in [2.05, 4.69) is 68.9 Å². The Kier molecular flexibility index (Phi) is 11.1. The second-order valence-electron chi connectivity index (χ2n) is 6.12. The predicted molar refractivity (Wildman–Crippen MR) is 97.1 cm³/mol. The lowest BCUT2D eigenvalue weighted by atomic mass is 10.6. The summed E-state index contributed by atoms with van der Waals surface area (Å²) in [5.41, 5.74) is 0. The minimum atomic E-state index is 0.753. The maximum Gasteiger partial charge on any atom is 0.188 e. The van der Waals surface area contributed by atoms with Crippen LogP contribution in [0.25, 0.3) is 0 Å². The summed E-state index contributed by atoms with van der Waals surface area (Å²) in [4.78, 5) is 0. The molecule has 1 fully saturated rings. The molecule has 1 saturated heterocycles. The van der Waals surface area contributed by atoms with Crippen LogP contribution in [-0.2, 0) is 26.2 Å². The molecular weight excluding hydrogens is 312 g/mol. The summed E-state index contributed by atoms with van der Waals surface area (Å²) in [5, 5.41) is 0. The van der Waals surface area contributed by atoms with Crippen LogP contribution in [0.3, 0.4) is 0 Å². The highest BCUT2D eigenvalue weighted by atomic mass is 16.8. The largest absolute Gasteiger partial charge is 0.559 e. The average molecular weight is 348 g/mol. The van der Waals surface area contributed by atoms with Crippen molar-refractivity contribution in [2.24, 2.45) is 0 Å². The van der Waals surface area contributed by atoms with Crippen LogP contribution in [0.5, 0.6) is 0 Å². The number of hydrogen-bond acceptors (Lipinski definition) is 0. The van der Waals surface area contributed by atoms with E-state index in [1.54, 1.807) is 0 Å². The van der Waals surface area contributed by atoms with Crippen LogP contribution < -0.4 is 0 Å². The molecule has 0 bridgehead atoms. The van der Waals surface area contributed by atoms with E-state index in [0.29, 0.717) is 0 Å². The molecule has 6 heteroatoms. The lowest BCUT2D eigenvalue weighted by Crippen LogP contribution is -2.30. The van der Waals surface area contributed by atoms with Crippen LogP contribution in [0.2, 0.25) is 0 Å². The van der Waals surface area contributed by atoms with E-state index in [9.17, 15) is 0 Å². The Bertz CT molecular complexity index is 212. The SMILES string of the molecule is [CH2-][O+]1CC[O+]([CH2-])CC[O+]([CH2-])CC[O+]([CH2-])CC[O+]([CH2-])CC[O+]([CH2-])CC1. The maximum absolute atomic E-state index is 3.98. The Morgan fingerprint density at radius 1 is 0.250 bits per heavy atom. The molecule has 0 radical (unpaired) electrons. The van der Waals surface area contributed by atoms with Gasteiger partial charge in [-0.3, -0.25) is 0 Å². The zero-order valence-corrected chi connectivity index (χ0v) is 15.2. The minimum absolute atomic E-state index is 0.753. The predicted octanol–water partition coefficient (Wildman–Crippen LogP) is 2.06. The molecule has 0 spiro atoms. The van der Waals surface area contributed by atoms with Gasteiger partial charge in [-0.25, -0.2) is 0 Å². The minimum Gasteiger partial charge on any atom is -0.559 e. The first kappa shape index (κ1) is 21.8. The molecule has 0 unspecified atom stereocenters. The van der Waals surface area contributed by atoms with Crippen molar-refractivity contribution in [3.05, 3.63) is 42.7 Å². The van der Waals surface area contributed by atoms with Gasteiger partial charge in [0.15, 0.2) is 79.3 Å². The topological polar surface area (TPSA) is 16.2 Å². The fraction of sp³-hybridized carbons (Fsp3) is 0.667. The van der Waals surface area contributed by atoms with E-state index in [0.717, 1.165) is 79.3 Å². The molecule has 1 aliphatic heterocycles. The molecule has 0 aromatic heterocycles. The molecule has 1 heterocycles. The van der Waals surface area contributed by atoms with Crippen LogP contribution in [0.1, 0.15) is 0 Å². The molecule has 0 aromatic rings. The van der Waals surface area contributed by atoms with E-state index in [1.165, 1.54) is 0 Å². The van der Waals surface area contributed by atoms with Crippen molar-refractivity contribution < 1.29 is 26.2 Å². The molecule has 0 N–H and O–H groups in total. The third-order valence-electron chi connectivity index (χ3n) is 3.96. The number of rotatable bonds is 0. The Balaban J connectivity index is 2.47. The van der Waals surface area contributed by atoms with Gasteiger partial charge in [-0.15, -0.1) is 0 Å². The van der Waals surface area contributed by atoms with E-state index in [1.807, 2.05) is 0 Å². The van der Waals surface area contributed by atoms with Crippen molar-refractivity contribution in [3.8, 4) is 0 Å². The fourth-order valence-corrected chi connectivity index (χ4v) is 2.03. The quantitative estimate of drug-likeness (QED) is 0.471. The Morgan fingerprint density at radius 3 is 0.417 bits per heavy atom. The van der Waals surface area contributed by atoms with Crippen molar-refractivity contribution in [3.63, 3.8) is 0 Å². The third-order valence-corrected chi connectivity index (χ3v) is 3.96. The molecule has 1 aliphatic rings. The van der Waals surface area contributed by atoms with Crippen molar-refractivity contribution >= 4 is 0 Å². The zero-order valence-electron chi connectivity index (χ0n) is 15.2. The summed E-state index contributed by atoms with van der Waals surface area (Å²) in [6, 6.07) is 0. The van der Waals surface area contributed by atoms with E-state index in [4.69, 9.17) is 0 Å². The van der Waals surface area contributed by atoms with Crippen molar-refractivity contribution in [1.29, 1.82) is 0 Å². The lowest BCUT2D eigenvalue weighted by molar-refractivity contribution is -0.217. The molecule has 0 aliphatic carbocycles. The van der Waals surface area contributed by atoms with Gasteiger partial charge in [0.05, 0.1) is 0 Å². The van der Waals surface area contributed by atoms with Gasteiger partial charge in [-0.1, -0.05) is 42.7 Å². The van der Waals surface area contributed by atoms with Gasteiger partial charge in [0, 0.05) is 0 Å². The van der Waals surface area contributed by atoms with Gasteiger partial charge >= 0.3 is 0 Å². The molecule has 0 atom stereocenters. The van der Waals surface area contributed by atoms with E-state index >= 15 is 0 Å². The smallest absolute Gasteiger partial charge is 0.188 e. The summed E-state index contributed by atoms with van der Waals surface area (Å²) < 4.78 is 17.1. The van der Waals surface area contributed by atoms with Crippen LogP contribution >= 0.6 is 0 Å². The Morgan fingerprint density at radius 2 is 0.333 bits per heavy atom. The van der Waals surface area contributed by atoms with Gasteiger partial charge in [0.2, 0.25) is 0 Å². The van der Waals surface area contributed by atoms with Gasteiger partial charge in [-0.05, 0) is 0 Å². The Hall–Kier alpha value is -0.240. The van der Waals surface area contributed by atoms with Crippen molar-refractivity contribution in [2.75, 3.05) is 79.3 Å². The maximum atomic E-state index is 3.98. The first-order chi connectivity index (χ1) is 11.4. The van der Waals surface area contributed by atoms with E-state index < -0.39 is 0 Å². The van der Waals surface area contributed by atoms with E-state index in [-0.39, 0.29) is 0 Å². The summed E-state index contributed by atoms with van der Waals surface area (Å²) in [6.07, 6.45) is 0. The van der Waals surface area contributed by atoms with Crippen LogP contribution in [0, 0.1) is 42.7 Å². The highest BCUT2D eigenvalue weighted by molar-refractivity contribution is 4.53. The normalized spacial score (nSPS) is 26.2. The highest BCUT2D eigenvalue weighted by Crippen LogP contribution is 2.06. The number of hydrogen-bond donors (Lipinski definition) is 0. The van der Waals surface area contributed by atoms with Crippen LogP contribution in [0.4, 0.5) is 0 Å². The second kappa shape index (κ2) is 12.2. The van der Waals surface area contributed by atoms with Crippen molar-refractivity contribution in [1.82, 2.24) is 0 Å². The van der Waals surface area contributed by atoms with Gasteiger partial charge in [-0.2, -0.15) is 0 Å². The molecule has 6 nitrogen and oxygen atoms in total. The summed E-state index contributed by atoms with van der Waals surface area (Å²) in [7, 11) is 23.9. The molecule has 0 amide bonds. The second-order valence-corrected chi connectivity index (χ2v) is 6.12. The van der Waals surface area contributed by atoms with Gasteiger partial charge < -0.3 is 26.2 Å². The standard InChI is InChI=1S/C18H36O6/c1-19-7-9-20(2)11-13-22(4)15-17-24(6)18-16-23(5)14-12-21(3)10-8-19/h1-18H2. The molecule has 0 aromatic carbocycles. The summed E-state index contributed by atoms with van der Waals surface area (Å²) in [6.45, 7) is 9.04. The van der Waals surface area contributed by atoms with Gasteiger partial charge in [0.1, 0.15) is 0 Å². The molecule has 0 saturated carbocycles. The summed E-state index contributed by atoms with van der Waals surface area (Å²) >= 11 is 0. The van der Waals surface area contributed by atoms with Crippen LogP contribution in [0.15, 0.2) is 0 Å². The third kappa shape index (κ3) is 10.6. The molecular formula is C18H36O6. The molecule has 1 rings (SSSR count). The van der Waals surface area contributed by atoms with Crippen molar-refractivity contribution in [2.45, 2.75) is 0 Å². The molecule has 144 valence electrons. The lowest BCUT2D eigenvalue weighted by Gasteiger charge is -2.32. The monoisotopic (exact) mass is 348 g/mol. The first-order valence-electron chi connectivity index (χ1n) is 8.20. The zero-order chi connectivity index (χ0) is 17.9. The van der Waals surface area contributed by atoms with Crippen LogP contribution in [-0.4, -0.2) is 79.3 Å². The first-order valence-corrected chi connectivity index (χ1v) is 8.20. The molecule has 24 heavy (non-hydrogen) atoms. The fourth-order valence-electron chi connectivity index (χ4n) is 2.03.